The molecule has 1 aliphatic rings. The third-order valence-corrected chi connectivity index (χ3v) is 4.63. The Labute approximate surface area is 133 Å². The van der Waals surface area contributed by atoms with Gasteiger partial charge in [0.2, 0.25) is 0 Å². The zero-order valence-electron chi connectivity index (χ0n) is 14.1. The van der Waals surface area contributed by atoms with Gasteiger partial charge in [-0.25, -0.2) is 0 Å². The Bertz CT molecular complexity index is 493. The van der Waals surface area contributed by atoms with Crippen LogP contribution in [-0.4, -0.2) is 45.4 Å². The van der Waals surface area contributed by atoms with Crippen molar-refractivity contribution in [3.8, 4) is 17.2 Å². The molecule has 0 amide bonds. The Morgan fingerprint density at radius 3 is 2.32 bits per heavy atom. The van der Waals surface area contributed by atoms with E-state index in [1.807, 2.05) is 12.1 Å². The lowest BCUT2D eigenvalue weighted by Crippen LogP contribution is -2.48. The summed E-state index contributed by atoms with van der Waals surface area (Å²) >= 11 is 0. The quantitative estimate of drug-likeness (QED) is 0.873. The van der Waals surface area contributed by atoms with Crippen molar-refractivity contribution in [2.24, 2.45) is 11.7 Å². The first-order valence-corrected chi connectivity index (χ1v) is 7.87. The normalized spacial score (nSPS) is 22.4. The van der Waals surface area contributed by atoms with Gasteiger partial charge in [0.1, 0.15) is 5.75 Å². The molecule has 2 N–H and O–H groups in total. The van der Waals surface area contributed by atoms with Crippen molar-refractivity contribution in [2.75, 3.05) is 34.4 Å². The molecule has 0 bridgehead atoms. The maximum Gasteiger partial charge on any atom is 0.164 e. The van der Waals surface area contributed by atoms with Gasteiger partial charge in [0.25, 0.3) is 0 Å². The molecule has 2 atom stereocenters. The number of likely N-dealkylation sites (tertiary alicyclic amines) is 1. The highest BCUT2D eigenvalue weighted by molar-refractivity contribution is 5.50. The number of hydrogen-bond donors (Lipinski definition) is 1. The maximum atomic E-state index is 5.99. The van der Waals surface area contributed by atoms with E-state index in [9.17, 15) is 0 Å². The van der Waals surface area contributed by atoms with Crippen LogP contribution < -0.4 is 19.9 Å². The number of hydrogen-bond acceptors (Lipinski definition) is 5. The first-order chi connectivity index (χ1) is 10.6. The highest BCUT2D eigenvalue weighted by atomic mass is 16.5. The van der Waals surface area contributed by atoms with E-state index >= 15 is 0 Å². The summed E-state index contributed by atoms with van der Waals surface area (Å²) in [6.45, 7) is 4.87. The van der Waals surface area contributed by atoms with Gasteiger partial charge < -0.3 is 19.9 Å². The van der Waals surface area contributed by atoms with Gasteiger partial charge in [0.15, 0.2) is 11.5 Å². The smallest absolute Gasteiger partial charge is 0.164 e. The average molecular weight is 308 g/mol. The summed E-state index contributed by atoms with van der Waals surface area (Å²) in [6, 6.07) is 4.32. The van der Waals surface area contributed by atoms with Crippen LogP contribution >= 0.6 is 0 Å². The highest BCUT2D eigenvalue weighted by Gasteiger charge is 2.28. The summed E-state index contributed by atoms with van der Waals surface area (Å²) in [4.78, 5) is 2.46. The molecule has 1 aromatic carbocycles. The van der Waals surface area contributed by atoms with E-state index in [2.05, 4.69) is 11.8 Å². The van der Waals surface area contributed by atoms with Crippen LogP contribution in [0.5, 0.6) is 17.2 Å². The molecule has 0 spiro atoms. The van der Waals surface area contributed by atoms with Gasteiger partial charge >= 0.3 is 0 Å². The van der Waals surface area contributed by atoms with Crippen LogP contribution in [0.1, 0.15) is 25.3 Å². The first-order valence-electron chi connectivity index (χ1n) is 7.87. The lowest BCUT2D eigenvalue weighted by atomic mass is 9.90. The van der Waals surface area contributed by atoms with E-state index in [1.54, 1.807) is 21.3 Å². The molecule has 0 saturated carbocycles. The van der Waals surface area contributed by atoms with Crippen LogP contribution in [0.3, 0.4) is 0 Å². The monoisotopic (exact) mass is 308 g/mol. The number of nitrogens with zero attached hydrogens (tertiary/aromatic N) is 1. The molecular formula is C17H28N2O3. The largest absolute Gasteiger partial charge is 0.496 e. The van der Waals surface area contributed by atoms with Crippen molar-refractivity contribution in [1.29, 1.82) is 0 Å². The minimum Gasteiger partial charge on any atom is -0.496 e. The Morgan fingerprint density at radius 1 is 1.09 bits per heavy atom. The highest BCUT2D eigenvalue weighted by Crippen LogP contribution is 2.36. The second kappa shape index (κ2) is 7.70. The van der Waals surface area contributed by atoms with Crippen LogP contribution in [0.2, 0.25) is 0 Å². The molecule has 0 aliphatic carbocycles. The van der Waals surface area contributed by atoms with Crippen molar-refractivity contribution >= 4 is 0 Å². The van der Waals surface area contributed by atoms with Crippen molar-refractivity contribution < 1.29 is 14.2 Å². The molecule has 1 heterocycles. The third kappa shape index (κ3) is 3.47. The molecule has 5 nitrogen and oxygen atoms in total. The molecule has 124 valence electrons. The van der Waals surface area contributed by atoms with Gasteiger partial charge in [-0.05, 0) is 31.4 Å². The standard InChI is InChI=1S/C17H28N2O3/c1-12-6-5-7-19(14(12)10-18)11-13-8-16(21-3)17(22-4)9-15(13)20-2/h8-9,12,14H,5-7,10-11,18H2,1-4H3. The second-order valence-corrected chi connectivity index (χ2v) is 5.91. The minimum absolute atomic E-state index is 0.423. The van der Waals surface area contributed by atoms with E-state index in [1.165, 1.54) is 12.8 Å². The van der Waals surface area contributed by atoms with Crippen LogP contribution in [0.15, 0.2) is 12.1 Å². The number of benzene rings is 1. The van der Waals surface area contributed by atoms with Gasteiger partial charge in [-0.1, -0.05) is 6.92 Å². The SMILES string of the molecule is COc1cc(OC)c(OC)cc1CN1CCCC(C)C1CN. The predicted molar refractivity (Wildman–Crippen MR) is 87.7 cm³/mol. The average Bonchev–Trinajstić information content (AvgIpc) is 2.54. The molecule has 1 saturated heterocycles. The summed E-state index contributed by atoms with van der Waals surface area (Å²) in [5.74, 6) is 2.87. The summed E-state index contributed by atoms with van der Waals surface area (Å²) < 4.78 is 16.3. The van der Waals surface area contributed by atoms with Gasteiger partial charge in [-0.15, -0.1) is 0 Å². The van der Waals surface area contributed by atoms with Crippen LogP contribution in [0, 0.1) is 5.92 Å². The maximum absolute atomic E-state index is 5.99. The van der Waals surface area contributed by atoms with Gasteiger partial charge in [0.05, 0.1) is 21.3 Å². The van der Waals surface area contributed by atoms with Crippen molar-refractivity contribution in [3.05, 3.63) is 17.7 Å². The second-order valence-electron chi connectivity index (χ2n) is 5.91. The fourth-order valence-electron chi connectivity index (χ4n) is 3.35. The van der Waals surface area contributed by atoms with E-state index in [0.717, 1.165) is 30.2 Å². The lowest BCUT2D eigenvalue weighted by molar-refractivity contribution is 0.0980. The molecule has 2 rings (SSSR count). The first kappa shape index (κ1) is 16.9. The molecule has 0 aromatic heterocycles. The minimum atomic E-state index is 0.423. The predicted octanol–water partition coefficient (Wildman–Crippen LogP) is 2.27. The summed E-state index contributed by atoms with van der Waals surface area (Å²) in [5, 5.41) is 0. The van der Waals surface area contributed by atoms with Crippen molar-refractivity contribution in [3.63, 3.8) is 0 Å². The number of methoxy groups -OCH3 is 3. The van der Waals surface area contributed by atoms with Gasteiger partial charge in [0, 0.05) is 30.8 Å². The fraction of sp³-hybridized carbons (Fsp3) is 0.647. The number of nitrogens with two attached hydrogens (primary N) is 1. The van der Waals surface area contributed by atoms with E-state index in [-0.39, 0.29) is 0 Å². The number of ether oxygens (including phenoxy) is 3. The number of rotatable bonds is 6. The molecule has 2 unspecified atom stereocenters. The van der Waals surface area contributed by atoms with Crippen molar-refractivity contribution in [2.45, 2.75) is 32.4 Å². The molecular weight excluding hydrogens is 280 g/mol. The summed E-state index contributed by atoms with van der Waals surface area (Å²) in [5.41, 5.74) is 7.10. The molecule has 1 aliphatic heterocycles. The molecule has 1 fully saturated rings. The summed E-state index contributed by atoms with van der Waals surface area (Å²) in [6.07, 6.45) is 2.47. The van der Waals surface area contributed by atoms with E-state index in [0.29, 0.717) is 24.3 Å². The van der Waals surface area contributed by atoms with Crippen molar-refractivity contribution in [1.82, 2.24) is 4.90 Å². The van der Waals surface area contributed by atoms with Crippen LogP contribution in [0.25, 0.3) is 0 Å². The Morgan fingerprint density at radius 2 is 1.73 bits per heavy atom. The zero-order valence-corrected chi connectivity index (χ0v) is 14.1. The Hall–Kier alpha value is -1.46. The van der Waals surface area contributed by atoms with Gasteiger partial charge in [-0.2, -0.15) is 0 Å². The number of piperidine rings is 1. The molecule has 5 heteroatoms. The Kier molecular flexibility index (Phi) is 5.91. The Balaban J connectivity index is 2.27. The van der Waals surface area contributed by atoms with Crippen LogP contribution in [0.4, 0.5) is 0 Å². The molecule has 22 heavy (non-hydrogen) atoms. The topological polar surface area (TPSA) is 57.0 Å². The lowest BCUT2D eigenvalue weighted by Gasteiger charge is -2.39. The fourth-order valence-corrected chi connectivity index (χ4v) is 3.35. The van der Waals surface area contributed by atoms with Crippen LogP contribution in [-0.2, 0) is 6.54 Å². The van der Waals surface area contributed by atoms with Gasteiger partial charge in [-0.3, -0.25) is 4.90 Å². The molecule has 0 radical (unpaired) electrons. The van der Waals surface area contributed by atoms with E-state index in [4.69, 9.17) is 19.9 Å². The third-order valence-electron chi connectivity index (χ3n) is 4.63. The zero-order chi connectivity index (χ0) is 16.1. The van der Waals surface area contributed by atoms with E-state index < -0.39 is 0 Å². The summed E-state index contributed by atoms with van der Waals surface area (Å²) in [7, 11) is 4.97. The molecule has 1 aromatic rings.